The van der Waals surface area contributed by atoms with Gasteiger partial charge >= 0.3 is 6.18 Å². The molecule has 0 bridgehead atoms. The highest BCUT2D eigenvalue weighted by atomic mass is 32.2. The van der Waals surface area contributed by atoms with Gasteiger partial charge in [0.15, 0.2) is 0 Å². The van der Waals surface area contributed by atoms with Gasteiger partial charge in [0.2, 0.25) is 0 Å². The maximum absolute atomic E-state index is 13.1. The zero-order valence-corrected chi connectivity index (χ0v) is 11.1. The maximum atomic E-state index is 13.1. The Morgan fingerprint density at radius 1 is 0.950 bits per heavy atom. The monoisotopic (exact) mass is 296 g/mol. The molecular formula is C15H11F3OS. The van der Waals surface area contributed by atoms with E-state index in [1.54, 1.807) is 30.3 Å². The third kappa shape index (κ3) is 3.81. The topological polar surface area (TPSA) is 20.2 Å². The number of alkyl halides is 3. The SMILES string of the molecule is Oc1ccc(/C(=C\Sc2ccccc2)C(F)(F)F)cc1. The highest BCUT2D eigenvalue weighted by molar-refractivity contribution is 8.02. The van der Waals surface area contributed by atoms with Crippen LogP contribution in [0.2, 0.25) is 0 Å². The lowest BCUT2D eigenvalue weighted by Gasteiger charge is -2.12. The quantitative estimate of drug-likeness (QED) is 0.796. The lowest BCUT2D eigenvalue weighted by atomic mass is 10.1. The van der Waals surface area contributed by atoms with Gasteiger partial charge < -0.3 is 5.11 Å². The van der Waals surface area contributed by atoms with Gasteiger partial charge in [-0.1, -0.05) is 42.1 Å². The summed E-state index contributed by atoms with van der Waals surface area (Å²) >= 11 is 1.01. The highest BCUT2D eigenvalue weighted by Gasteiger charge is 2.34. The smallest absolute Gasteiger partial charge is 0.417 e. The van der Waals surface area contributed by atoms with E-state index in [1.165, 1.54) is 24.3 Å². The first-order valence-electron chi connectivity index (χ1n) is 5.75. The van der Waals surface area contributed by atoms with Crippen molar-refractivity contribution in [1.82, 2.24) is 0 Å². The van der Waals surface area contributed by atoms with Crippen LogP contribution in [0.5, 0.6) is 5.75 Å². The molecule has 0 radical (unpaired) electrons. The van der Waals surface area contributed by atoms with Crippen molar-refractivity contribution >= 4 is 17.3 Å². The van der Waals surface area contributed by atoms with Crippen molar-refractivity contribution in [1.29, 1.82) is 0 Å². The van der Waals surface area contributed by atoms with Crippen LogP contribution in [0.15, 0.2) is 64.9 Å². The first-order chi connectivity index (χ1) is 9.47. The molecule has 2 aromatic rings. The summed E-state index contributed by atoms with van der Waals surface area (Å²) in [5.41, 5.74) is -0.704. The van der Waals surface area contributed by atoms with Crippen LogP contribution in [0.4, 0.5) is 13.2 Å². The Kier molecular flexibility index (Phi) is 4.39. The van der Waals surface area contributed by atoms with Gasteiger partial charge in [-0.2, -0.15) is 13.2 Å². The van der Waals surface area contributed by atoms with Crippen molar-refractivity contribution < 1.29 is 18.3 Å². The highest BCUT2D eigenvalue weighted by Crippen LogP contribution is 2.37. The minimum atomic E-state index is -4.45. The molecule has 0 aliphatic heterocycles. The number of hydrogen-bond donors (Lipinski definition) is 1. The summed E-state index contributed by atoms with van der Waals surface area (Å²) in [4.78, 5) is 0.730. The fraction of sp³-hybridized carbons (Fsp3) is 0.0667. The second kappa shape index (κ2) is 6.05. The standard InChI is InChI=1S/C15H11F3OS/c16-15(17,18)14(11-6-8-12(19)9-7-11)10-20-13-4-2-1-3-5-13/h1-10,19H/b14-10+. The van der Waals surface area contributed by atoms with Crippen molar-refractivity contribution in [3.63, 3.8) is 0 Å². The van der Waals surface area contributed by atoms with Crippen LogP contribution in [0.1, 0.15) is 5.56 Å². The Hall–Kier alpha value is -1.88. The summed E-state index contributed by atoms with van der Waals surface area (Å²) in [7, 11) is 0. The first kappa shape index (κ1) is 14.5. The van der Waals surface area contributed by atoms with Crippen molar-refractivity contribution in [2.24, 2.45) is 0 Å². The summed E-state index contributed by atoms with van der Waals surface area (Å²) in [6.45, 7) is 0. The Labute approximate surface area is 118 Å². The molecular weight excluding hydrogens is 285 g/mol. The molecule has 0 aliphatic carbocycles. The molecule has 1 N–H and O–H groups in total. The van der Waals surface area contributed by atoms with Crippen molar-refractivity contribution in [2.75, 3.05) is 0 Å². The van der Waals surface area contributed by atoms with Crippen molar-refractivity contribution in [3.8, 4) is 5.75 Å². The van der Waals surface area contributed by atoms with Crippen LogP contribution in [0, 0.1) is 0 Å². The number of thioether (sulfide) groups is 1. The summed E-state index contributed by atoms with van der Waals surface area (Å²) in [6, 6.07) is 13.8. The summed E-state index contributed by atoms with van der Waals surface area (Å²) < 4.78 is 39.2. The van der Waals surface area contributed by atoms with E-state index in [2.05, 4.69) is 0 Å². The lowest BCUT2D eigenvalue weighted by molar-refractivity contribution is -0.0687. The molecule has 20 heavy (non-hydrogen) atoms. The number of phenolic OH excluding ortho intramolecular Hbond substituents is 1. The largest absolute Gasteiger partial charge is 0.508 e. The number of allylic oxidation sites excluding steroid dienone is 1. The van der Waals surface area contributed by atoms with E-state index in [0.29, 0.717) is 0 Å². The fourth-order valence-electron chi connectivity index (χ4n) is 1.57. The first-order valence-corrected chi connectivity index (χ1v) is 6.63. The molecule has 0 fully saturated rings. The molecule has 104 valence electrons. The molecule has 5 heteroatoms. The van der Waals surface area contributed by atoms with Gasteiger partial charge in [-0.25, -0.2) is 0 Å². The number of halogens is 3. The van der Waals surface area contributed by atoms with Gasteiger partial charge in [-0.3, -0.25) is 0 Å². The maximum Gasteiger partial charge on any atom is 0.417 e. The van der Waals surface area contributed by atoms with Crippen molar-refractivity contribution in [2.45, 2.75) is 11.1 Å². The van der Waals surface area contributed by atoms with Crippen LogP contribution in [-0.4, -0.2) is 11.3 Å². The Bertz CT molecular complexity index is 589. The molecule has 0 amide bonds. The molecule has 0 saturated carbocycles. The van der Waals surface area contributed by atoms with Gasteiger partial charge in [0.05, 0.1) is 5.57 Å². The van der Waals surface area contributed by atoms with E-state index in [0.717, 1.165) is 22.1 Å². The Balaban J connectivity index is 2.31. The average molecular weight is 296 g/mol. The predicted octanol–water partition coefficient (Wildman–Crippen LogP) is 5.09. The Morgan fingerprint density at radius 2 is 1.55 bits per heavy atom. The normalized spacial score (nSPS) is 12.4. The van der Waals surface area contributed by atoms with E-state index >= 15 is 0 Å². The summed E-state index contributed by atoms with van der Waals surface area (Å²) in [6.07, 6.45) is -4.45. The molecule has 2 rings (SSSR count). The van der Waals surface area contributed by atoms with Gasteiger partial charge in [0, 0.05) is 4.90 Å². The molecule has 0 aromatic heterocycles. The van der Waals surface area contributed by atoms with Gasteiger partial charge in [-0.15, -0.1) is 0 Å². The van der Waals surface area contributed by atoms with Gasteiger partial charge in [0.25, 0.3) is 0 Å². The second-order valence-electron chi connectivity index (χ2n) is 4.01. The van der Waals surface area contributed by atoms with Crippen LogP contribution < -0.4 is 0 Å². The van der Waals surface area contributed by atoms with Crippen LogP contribution >= 0.6 is 11.8 Å². The summed E-state index contributed by atoms with van der Waals surface area (Å²) in [5.74, 6) is -0.0639. The zero-order chi connectivity index (χ0) is 14.6. The van der Waals surface area contributed by atoms with Crippen LogP contribution in [0.3, 0.4) is 0 Å². The minimum absolute atomic E-state index is 0.0266. The number of hydrogen-bond acceptors (Lipinski definition) is 2. The zero-order valence-electron chi connectivity index (χ0n) is 10.3. The molecule has 0 heterocycles. The average Bonchev–Trinajstić information content (AvgIpc) is 2.41. The molecule has 2 aromatic carbocycles. The minimum Gasteiger partial charge on any atom is -0.508 e. The number of aromatic hydroxyl groups is 1. The van der Waals surface area contributed by atoms with E-state index in [9.17, 15) is 13.2 Å². The molecule has 0 atom stereocenters. The van der Waals surface area contributed by atoms with Crippen LogP contribution in [-0.2, 0) is 0 Å². The van der Waals surface area contributed by atoms with Crippen LogP contribution in [0.25, 0.3) is 5.57 Å². The second-order valence-corrected chi connectivity index (χ2v) is 4.95. The third-order valence-electron chi connectivity index (χ3n) is 2.54. The van der Waals surface area contributed by atoms with E-state index in [1.807, 2.05) is 0 Å². The molecule has 0 spiro atoms. The molecule has 0 unspecified atom stereocenters. The fourth-order valence-corrected chi connectivity index (χ4v) is 2.40. The van der Waals surface area contributed by atoms with E-state index in [-0.39, 0.29) is 11.3 Å². The summed E-state index contributed by atoms with van der Waals surface area (Å²) in [5, 5.41) is 10.2. The lowest BCUT2D eigenvalue weighted by Crippen LogP contribution is -2.10. The Morgan fingerprint density at radius 3 is 2.10 bits per heavy atom. The van der Waals surface area contributed by atoms with Crippen molar-refractivity contribution in [3.05, 3.63) is 65.6 Å². The third-order valence-corrected chi connectivity index (χ3v) is 3.44. The predicted molar refractivity (Wildman–Crippen MR) is 74.4 cm³/mol. The molecule has 1 nitrogen and oxygen atoms in total. The molecule has 0 aliphatic rings. The number of benzene rings is 2. The van der Waals surface area contributed by atoms with E-state index < -0.39 is 11.7 Å². The van der Waals surface area contributed by atoms with Gasteiger partial charge in [-0.05, 0) is 35.2 Å². The molecule has 0 saturated heterocycles. The number of rotatable bonds is 3. The number of phenols is 1. The van der Waals surface area contributed by atoms with Gasteiger partial charge in [0.1, 0.15) is 5.75 Å². The van der Waals surface area contributed by atoms with E-state index in [4.69, 9.17) is 5.11 Å².